The van der Waals surface area contributed by atoms with Crippen molar-refractivity contribution in [3.05, 3.63) is 35.5 Å². The number of esters is 1. The van der Waals surface area contributed by atoms with Gasteiger partial charge in [-0.2, -0.15) is 0 Å². The minimum Gasteiger partial charge on any atom is -0.459 e. The Bertz CT molecular complexity index is 1590. The summed E-state index contributed by atoms with van der Waals surface area (Å²) in [6.07, 6.45) is 6.35. The third kappa shape index (κ3) is 18.4. The van der Waals surface area contributed by atoms with E-state index in [9.17, 15) is 9.90 Å². The first kappa shape index (κ1) is 64.1. The SMILES string of the molecule is C=C1/C=C(\C)[C@](C)(O[Si](CC)(CC)CC)C[C@H](O[Si](CC)(CC)CC)CC(=O)[C@H](O[Si](CC)(CC)CC)[C@@H](O[Si](CC)(CC)CC)[C@H](C)C[C@H](C)OC(=O)/C(C)=C/CCC[C@@H](O)[C@H]2O[C@@H]2C[C@H](C)C1. The van der Waals surface area contributed by atoms with Crippen LogP contribution < -0.4 is 0 Å². The van der Waals surface area contributed by atoms with Crippen LogP contribution in [0.25, 0.3) is 0 Å². The average Bonchev–Trinajstić information content (AvgIpc) is 4.11. The molecule has 2 aliphatic heterocycles. The van der Waals surface area contributed by atoms with Crippen molar-refractivity contribution < 1.29 is 41.9 Å². The normalized spacial score (nSPS) is 31.3. The number of Topliss-reactive ketones (excluding diaryl/α,β-unsaturated/α-hetero) is 1. The smallest absolute Gasteiger partial charge is 0.333 e. The van der Waals surface area contributed by atoms with E-state index in [0.29, 0.717) is 37.2 Å². The molecular formula is C56H108O9Si4. The van der Waals surface area contributed by atoms with Gasteiger partial charge in [-0.1, -0.05) is 121 Å². The molecule has 2 rings (SSSR count). The van der Waals surface area contributed by atoms with Crippen molar-refractivity contribution in [2.75, 3.05) is 0 Å². The Hall–Kier alpha value is -1.01. The predicted octanol–water partition coefficient (Wildman–Crippen LogP) is 15.4. The fourth-order valence-electron chi connectivity index (χ4n) is 11.4. The summed E-state index contributed by atoms with van der Waals surface area (Å²) in [7, 11) is -9.20. The highest BCUT2D eigenvalue weighted by Crippen LogP contribution is 2.41. The van der Waals surface area contributed by atoms with Crippen LogP contribution in [0.2, 0.25) is 72.5 Å². The van der Waals surface area contributed by atoms with E-state index in [1.54, 1.807) is 0 Å². The van der Waals surface area contributed by atoms with Crippen molar-refractivity contribution in [1.29, 1.82) is 0 Å². The first-order chi connectivity index (χ1) is 32.5. The third-order valence-corrected chi connectivity index (χ3v) is 36.3. The molecule has 0 aromatic rings. The Morgan fingerprint density at radius 3 is 1.71 bits per heavy atom. The standard InChI is InChI=1S/C56H108O9Si4/c1-20-66(21-2,22-3)62-48-40-50(58)54(64-68(26-7,27-8)28-9)52(63-67(23-4,24-5)25-6)45(16)39-47(18)60-55(59)44(15)34-32-33-35-49(57)53-51(61-53)38-43(14)36-42(13)37-46(17)56(19,41-48)65-69(29-10,30-11)31-12/h34,37,43,45,47-49,51-54,57H,13,20-33,35-36,38-41H2,1-12,14-19H3/b44-34+,46-37+/t43-,45-,47+,48-,49-,51-,52+,53-,54+,56-/m1/s1. The monoisotopic (exact) mass is 1040 g/mol. The minimum absolute atomic E-state index is 0.0271. The second-order valence-corrected chi connectivity index (χ2v) is 40.9. The molecule has 1 fully saturated rings. The zero-order chi connectivity index (χ0) is 52.4. The number of hydrogen-bond acceptors (Lipinski definition) is 9. The van der Waals surface area contributed by atoms with Crippen LogP contribution in [0.3, 0.4) is 0 Å². The minimum atomic E-state index is -2.40. The van der Waals surface area contributed by atoms with E-state index >= 15 is 4.79 Å². The fourth-order valence-corrected chi connectivity index (χ4v) is 23.1. The fraction of sp³-hybridized carbons (Fsp3) is 0.857. The highest BCUT2D eigenvalue weighted by atomic mass is 28.4. The van der Waals surface area contributed by atoms with Crippen LogP contribution in [-0.4, -0.2) is 98.5 Å². The first-order valence-corrected chi connectivity index (χ1v) is 38.5. The Morgan fingerprint density at radius 1 is 0.710 bits per heavy atom. The molecule has 69 heavy (non-hydrogen) atoms. The molecule has 0 aromatic heterocycles. The molecule has 0 radical (unpaired) electrons. The number of aliphatic hydroxyl groups excluding tert-OH is 1. The van der Waals surface area contributed by atoms with Gasteiger partial charge in [0.2, 0.25) is 0 Å². The summed E-state index contributed by atoms with van der Waals surface area (Å²) in [5, 5.41) is 11.1. The number of carbonyl (C=O) groups is 2. The van der Waals surface area contributed by atoms with Crippen LogP contribution in [0.15, 0.2) is 35.5 Å². The zero-order valence-electron chi connectivity index (χ0n) is 47.9. The summed E-state index contributed by atoms with van der Waals surface area (Å²) in [6.45, 7) is 44.4. The summed E-state index contributed by atoms with van der Waals surface area (Å²) in [4.78, 5) is 29.6. The van der Waals surface area contributed by atoms with E-state index in [1.165, 1.54) is 0 Å². The summed E-state index contributed by atoms with van der Waals surface area (Å²) in [5.74, 6) is -0.124. The molecule has 0 unspecified atom stereocenters. The van der Waals surface area contributed by atoms with E-state index in [0.717, 1.165) is 103 Å². The lowest BCUT2D eigenvalue weighted by molar-refractivity contribution is -0.146. The van der Waals surface area contributed by atoms with Crippen molar-refractivity contribution in [2.24, 2.45) is 11.8 Å². The van der Waals surface area contributed by atoms with Crippen LogP contribution in [0.4, 0.5) is 0 Å². The number of hydrogen-bond donors (Lipinski definition) is 1. The van der Waals surface area contributed by atoms with Crippen molar-refractivity contribution in [1.82, 2.24) is 0 Å². The van der Waals surface area contributed by atoms with Gasteiger partial charge >= 0.3 is 5.97 Å². The van der Waals surface area contributed by atoms with Gasteiger partial charge in [-0.3, -0.25) is 4.79 Å². The molecule has 0 aliphatic carbocycles. The Kier molecular flexibility index (Phi) is 27.7. The number of ketones is 1. The predicted molar refractivity (Wildman–Crippen MR) is 300 cm³/mol. The number of fused-ring (bicyclic) bond motifs is 1. The van der Waals surface area contributed by atoms with E-state index in [2.05, 4.69) is 123 Å². The van der Waals surface area contributed by atoms with E-state index in [-0.39, 0.29) is 36.3 Å². The number of allylic oxidation sites excluding steroid dienone is 3. The second-order valence-electron chi connectivity index (χ2n) is 22.0. The van der Waals surface area contributed by atoms with E-state index < -0.39 is 69.4 Å². The van der Waals surface area contributed by atoms with Crippen molar-refractivity contribution >= 4 is 45.0 Å². The van der Waals surface area contributed by atoms with E-state index in [1.807, 2.05) is 19.9 Å². The topological polar surface area (TPSA) is 113 Å². The molecule has 1 saturated heterocycles. The summed E-state index contributed by atoms with van der Waals surface area (Å²) < 4.78 is 42.7. The number of epoxide rings is 1. The number of cyclic esters (lactones) is 1. The van der Waals surface area contributed by atoms with Gasteiger partial charge in [0, 0.05) is 18.4 Å². The largest absolute Gasteiger partial charge is 0.459 e. The van der Waals surface area contributed by atoms with Gasteiger partial charge in [0.15, 0.2) is 39.1 Å². The highest BCUT2D eigenvalue weighted by Gasteiger charge is 2.48. The van der Waals surface area contributed by atoms with Crippen LogP contribution in [0.1, 0.15) is 176 Å². The number of rotatable bonds is 20. The number of aliphatic hydroxyl groups is 1. The highest BCUT2D eigenvalue weighted by molar-refractivity contribution is 6.75. The molecule has 0 spiro atoms. The number of carbonyl (C=O) groups excluding carboxylic acids is 2. The maximum absolute atomic E-state index is 16.0. The lowest BCUT2D eigenvalue weighted by Crippen LogP contribution is -2.55. The Balaban J connectivity index is 3.01. The van der Waals surface area contributed by atoms with Crippen molar-refractivity contribution in [2.45, 2.75) is 297 Å². The molecule has 0 aromatic carbocycles. The molecule has 0 bridgehead atoms. The molecule has 1 N–H and O–H groups in total. The summed E-state index contributed by atoms with van der Waals surface area (Å²) in [5.41, 5.74) is 2.02. The van der Waals surface area contributed by atoms with Gasteiger partial charge in [-0.15, -0.1) is 0 Å². The Morgan fingerprint density at radius 2 is 1.20 bits per heavy atom. The second kappa shape index (κ2) is 29.8. The van der Waals surface area contributed by atoms with Gasteiger partial charge in [0.05, 0.1) is 36.1 Å². The summed E-state index contributed by atoms with van der Waals surface area (Å²) >= 11 is 0. The molecule has 9 nitrogen and oxygen atoms in total. The van der Waals surface area contributed by atoms with Crippen LogP contribution in [-0.2, 0) is 36.8 Å². The molecular weight excluding hydrogens is 929 g/mol. The van der Waals surface area contributed by atoms with Gasteiger partial charge in [0.1, 0.15) is 12.2 Å². The zero-order valence-corrected chi connectivity index (χ0v) is 51.9. The molecule has 10 atom stereocenters. The quantitative estimate of drug-likeness (QED) is 0.0723. The lowest BCUT2D eigenvalue weighted by atomic mass is 9.85. The van der Waals surface area contributed by atoms with Gasteiger partial charge in [0.25, 0.3) is 0 Å². The van der Waals surface area contributed by atoms with Crippen LogP contribution in [0, 0.1) is 11.8 Å². The van der Waals surface area contributed by atoms with Gasteiger partial charge < -0.3 is 32.3 Å². The first-order valence-electron chi connectivity index (χ1n) is 28.3. The molecule has 0 amide bonds. The van der Waals surface area contributed by atoms with Crippen molar-refractivity contribution in [3.63, 3.8) is 0 Å². The molecule has 0 saturated carbocycles. The molecule has 2 aliphatic rings. The summed E-state index contributed by atoms with van der Waals surface area (Å²) in [6, 6.07) is 11.4. The van der Waals surface area contributed by atoms with E-state index in [4.69, 9.17) is 27.2 Å². The van der Waals surface area contributed by atoms with Gasteiger partial charge in [-0.25, -0.2) is 4.79 Å². The number of ether oxygens (including phenoxy) is 2. The third-order valence-electron chi connectivity index (χ3n) is 17.6. The molecule has 402 valence electrons. The van der Waals surface area contributed by atoms with Crippen LogP contribution >= 0.6 is 0 Å². The van der Waals surface area contributed by atoms with Crippen molar-refractivity contribution in [3.8, 4) is 0 Å². The molecule has 13 heteroatoms. The average molecular weight is 1040 g/mol. The maximum Gasteiger partial charge on any atom is 0.333 e. The van der Waals surface area contributed by atoms with Crippen LogP contribution in [0.5, 0.6) is 0 Å². The lowest BCUT2D eigenvalue weighted by Gasteiger charge is -2.45. The Labute approximate surface area is 429 Å². The molecule has 2 heterocycles. The maximum atomic E-state index is 16.0. The van der Waals surface area contributed by atoms with Gasteiger partial charge in [-0.05, 0) is 156 Å².